The van der Waals surface area contributed by atoms with E-state index in [1.54, 1.807) is 36.1 Å². The van der Waals surface area contributed by atoms with E-state index >= 15 is 0 Å². The average molecular weight is 408 g/mol. The molecule has 1 N–H and O–H groups in total. The average Bonchev–Trinajstić information content (AvgIpc) is 2.63. The number of hydrogen-bond acceptors (Lipinski definition) is 3. The summed E-state index contributed by atoms with van der Waals surface area (Å²) >= 11 is 11.9. The second kappa shape index (κ2) is 8.51. The molecule has 0 aliphatic carbocycles. The summed E-state index contributed by atoms with van der Waals surface area (Å²) in [5.41, 5.74) is 0.0680. The first-order valence-electron chi connectivity index (χ1n) is 9.00. The van der Waals surface area contributed by atoms with E-state index in [0.717, 1.165) is 5.56 Å². The van der Waals surface area contributed by atoms with Crippen LogP contribution in [0.4, 0.5) is 0 Å². The molecule has 6 heteroatoms. The van der Waals surface area contributed by atoms with Crippen molar-refractivity contribution in [1.29, 1.82) is 0 Å². The summed E-state index contributed by atoms with van der Waals surface area (Å²) in [6.07, 6.45) is 1.02. The molecule has 2 aromatic rings. The molecule has 0 spiro atoms. The van der Waals surface area contributed by atoms with Gasteiger partial charge in [-0.25, -0.2) is 0 Å². The summed E-state index contributed by atoms with van der Waals surface area (Å²) in [6.45, 7) is 2.61. The van der Waals surface area contributed by atoms with E-state index < -0.39 is 11.7 Å². The second-order valence-corrected chi connectivity index (χ2v) is 8.01. The van der Waals surface area contributed by atoms with Gasteiger partial charge in [-0.1, -0.05) is 41.4 Å². The lowest BCUT2D eigenvalue weighted by Crippen LogP contribution is -2.57. The Labute approximate surface area is 169 Å². The highest BCUT2D eigenvalue weighted by atomic mass is 35.5. The number of ether oxygens (including phenoxy) is 1. The number of nitrogens with zero attached hydrogens (tertiary/aromatic N) is 1. The van der Waals surface area contributed by atoms with Crippen LogP contribution in [0, 0.1) is 0 Å². The highest BCUT2D eigenvalue weighted by molar-refractivity contribution is 6.30. The molecule has 2 atom stereocenters. The van der Waals surface area contributed by atoms with Gasteiger partial charge in [-0.2, -0.15) is 0 Å². The standard InChI is InChI=1S/C21H23Cl2NO3/c1-21(26)11-12-24(14-19(21)27-18-4-2-3-17(23)13-18)20(25)10-7-15-5-8-16(22)9-6-15/h2-6,8-9,13,19,26H,7,10-12,14H2,1H3/t19-,21-/m0/s1. The molecule has 0 radical (unpaired) electrons. The van der Waals surface area contributed by atoms with Crippen molar-refractivity contribution in [2.75, 3.05) is 13.1 Å². The Kier molecular flexibility index (Phi) is 6.30. The van der Waals surface area contributed by atoms with Crippen molar-refractivity contribution in [2.45, 2.75) is 37.9 Å². The number of rotatable bonds is 5. The Morgan fingerprint density at radius 2 is 1.96 bits per heavy atom. The van der Waals surface area contributed by atoms with Crippen molar-refractivity contribution < 1.29 is 14.6 Å². The van der Waals surface area contributed by atoms with Crippen LogP contribution in [0.3, 0.4) is 0 Å². The van der Waals surface area contributed by atoms with Gasteiger partial charge in [-0.15, -0.1) is 0 Å². The molecule has 144 valence electrons. The fraction of sp³-hybridized carbons (Fsp3) is 0.381. The number of likely N-dealkylation sites (tertiary alicyclic amines) is 1. The summed E-state index contributed by atoms with van der Waals surface area (Å²) in [5, 5.41) is 11.9. The van der Waals surface area contributed by atoms with Crippen molar-refractivity contribution in [2.24, 2.45) is 0 Å². The molecule has 1 amide bonds. The van der Waals surface area contributed by atoms with E-state index in [1.807, 2.05) is 24.3 Å². The summed E-state index contributed by atoms with van der Waals surface area (Å²) in [7, 11) is 0. The van der Waals surface area contributed by atoms with E-state index in [1.165, 1.54) is 0 Å². The third kappa shape index (κ3) is 5.38. The summed E-state index contributed by atoms with van der Waals surface area (Å²) in [5.74, 6) is 0.642. The number of carbonyl (C=O) groups excluding carboxylic acids is 1. The lowest BCUT2D eigenvalue weighted by Gasteiger charge is -2.42. The minimum Gasteiger partial charge on any atom is -0.486 e. The highest BCUT2D eigenvalue weighted by Crippen LogP contribution is 2.28. The van der Waals surface area contributed by atoms with E-state index in [2.05, 4.69) is 0 Å². The molecule has 1 aliphatic rings. The first kappa shape index (κ1) is 20.0. The molecule has 1 fully saturated rings. The third-order valence-corrected chi connectivity index (χ3v) is 5.42. The first-order valence-corrected chi connectivity index (χ1v) is 9.76. The quantitative estimate of drug-likeness (QED) is 0.800. The van der Waals surface area contributed by atoms with Crippen LogP contribution < -0.4 is 4.74 Å². The van der Waals surface area contributed by atoms with E-state index in [4.69, 9.17) is 27.9 Å². The van der Waals surface area contributed by atoms with Crippen LogP contribution in [-0.4, -0.2) is 40.7 Å². The maximum atomic E-state index is 12.6. The molecular formula is C21H23Cl2NO3. The van der Waals surface area contributed by atoms with Gasteiger partial charge in [-0.05, 0) is 55.7 Å². The number of aliphatic hydroxyl groups is 1. The van der Waals surface area contributed by atoms with E-state index in [9.17, 15) is 9.90 Å². The number of carbonyl (C=O) groups is 1. The van der Waals surface area contributed by atoms with Gasteiger partial charge in [0, 0.05) is 23.0 Å². The molecule has 1 saturated heterocycles. The molecule has 4 nitrogen and oxygen atoms in total. The van der Waals surface area contributed by atoms with Crippen molar-refractivity contribution in [1.82, 2.24) is 4.90 Å². The minimum absolute atomic E-state index is 0.0557. The second-order valence-electron chi connectivity index (χ2n) is 7.14. The van der Waals surface area contributed by atoms with Gasteiger partial charge in [0.2, 0.25) is 5.91 Å². The molecular weight excluding hydrogens is 385 g/mol. The van der Waals surface area contributed by atoms with Crippen LogP contribution in [0.5, 0.6) is 5.75 Å². The summed E-state index contributed by atoms with van der Waals surface area (Å²) < 4.78 is 5.96. The maximum Gasteiger partial charge on any atom is 0.223 e. The first-order chi connectivity index (χ1) is 12.8. The fourth-order valence-electron chi connectivity index (χ4n) is 3.17. The maximum absolute atomic E-state index is 12.6. The highest BCUT2D eigenvalue weighted by Gasteiger charge is 2.40. The van der Waals surface area contributed by atoms with Crippen LogP contribution in [-0.2, 0) is 11.2 Å². The predicted molar refractivity (Wildman–Crippen MR) is 107 cm³/mol. The van der Waals surface area contributed by atoms with Gasteiger partial charge < -0.3 is 14.7 Å². The van der Waals surface area contributed by atoms with E-state index in [0.29, 0.717) is 48.1 Å². The number of aryl methyl sites for hydroxylation is 1. The van der Waals surface area contributed by atoms with Gasteiger partial charge in [0.1, 0.15) is 17.5 Å². The minimum atomic E-state index is -1.00. The fourth-order valence-corrected chi connectivity index (χ4v) is 3.47. The molecule has 0 aromatic heterocycles. The Morgan fingerprint density at radius 3 is 2.67 bits per heavy atom. The number of amides is 1. The number of piperidine rings is 1. The molecule has 1 heterocycles. The summed E-state index contributed by atoms with van der Waals surface area (Å²) in [4.78, 5) is 14.4. The number of halogens is 2. The third-order valence-electron chi connectivity index (χ3n) is 4.94. The molecule has 27 heavy (non-hydrogen) atoms. The van der Waals surface area contributed by atoms with Crippen LogP contribution in [0.1, 0.15) is 25.3 Å². The summed E-state index contributed by atoms with van der Waals surface area (Å²) in [6, 6.07) is 14.6. The molecule has 1 aliphatic heterocycles. The van der Waals surface area contributed by atoms with E-state index in [-0.39, 0.29) is 5.91 Å². The van der Waals surface area contributed by atoms with Crippen molar-refractivity contribution >= 4 is 29.1 Å². The van der Waals surface area contributed by atoms with Crippen molar-refractivity contribution in [3.8, 4) is 5.75 Å². The molecule has 0 bridgehead atoms. The SMILES string of the molecule is C[C@]1(O)CCN(C(=O)CCc2ccc(Cl)cc2)C[C@@H]1Oc1cccc(Cl)c1. The monoisotopic (exact) mass is 407 g/mol. The Bertz CT molecular complexity index is 792. The van der Waals surface area contributed by atoms with Gasteiger partial charge in [-0.3, -0.25) is 4.79 Å². The predicted octanol–water partition coefficient (Wildman–Crippen LogP) is 4.36. The largest absolute Gasteiger partial charge is 0.486 e. The Balaban J connectivity index is 1.61. The molecule has 2 aromatic carbocycles. The van der Waals surface area contributed by atoms with Gasteiger partial charge in [0.25, 0.3) is 0 Å². The normalized spacial score (nSPS) is 22.5. The van der Waals surface area contributed by atoms with Crippen molar-refractivity contribution in [3.05, 3.63) is 64.1 Å². The van der Waals surface area contributed by atoms with Crippen LogP contribution in [0.15, 0.2) is 48.5 Å². The Hall–Kier alpha value is -1.75. The molecule has 3 rings (SSSR count). The number of benzene rings is 2. The zero-order chi connectivity index (χ0) is 19.4. The lowest BCUT2D eigenvalue weighted by atomic mass is 9.90. The van der Waals surface area contributed by atoms with Crippen LogP contribution >= 0.6 is 23.2 Å². The van der Waals surface area contributed by atoms with Gasteiger partial charge in [0.05, 0.1) is 6.54 Å². The van der Waals surface area contributed by atoms with Crippen LogP contribution in [0.25, 0.3) is 0 Å². The zero-order valence-electron chi connectivity index (χ0n) is 15.2. The zero-order valence-corrected chi connectivity index (χ0v) is 16.7. The van der Waals surface area contributed by atoms with Gasteiger partial charge in [0.15, 0.2) is 0 Å². The smallest absolute Gasteiger partial charge is 0.223 e. The number of hydrogen-bond donors (Lipinski definition) is 1. The van der Waals surface area contributed by atoms with Gasteiger partial charge >= 0.3 is 0 Å². The lowest BCUT2D eigenvalue weighted by molar-refractivity contribution is -0.143. The molecule has 0 saturated carbocycles. The van der Waals surface area contributed by atoms with Crippen molar-refractivity contribution in [3.63, 3.8) is 0 Å². The molecule has 0 unspecified atom stereocenters. The topological polar surface area (TPSA) is 49.8 Å². The van der Waals surface area contributed by atoms with Crippen LogP contribution in [0.2, 0.25) is 10.0 Å². The Morgan fingerprint density at radius 1 is 1.22 bits per heavy atom.